The van der Waals surface area contributed by atoms with Crippen LogP contribution in [0.15, 0.2) is 54.9 Å². The lowest BCUT2D eigenvalue weighted by Crippen LogP contribution is -2.29. The zero-order valence-corrected chi connectivity index (χ0v) is 18.6. The van der Waals surface area contributed by atoms with Crippen molar-refractivity contribution in [2.75, 3.05) is 41.4 Å². The lowest BCUT2D eigenvalue weighted by atomic mass is 10.1. The molecule has 170 valence electrons. The number of carbonyl (C=O) groups excluding carboxylic acids is 2. The van der Waals surface area contributed by atoms with Crippen LogP contribution in [0.4, 0.5) is 17.1 Å². The van der Waals surface area contributed by atoms with E-state index in [-0.39, 0.29) is 18.4 Å². The van der Waals surface area contributed by atoms with E-state index in [0.717, 1.165) is 48.2 Å². The lowest BCUT2D eigenvalue weighted by Gasteiger charge is -2.30. The van der Waals surface area contributed by atoms with Gasteiger partial charge in [0.1, 0.15) is 5.75 Å². The van der Waals surface area contributed by atoms with E-state index in [4.69, 9.17) is 4.74 Å². The summed E-state index contributed by atoms with van der Waals surface area (Å²) < 4.78 is 5.68. The van der Waals surface area contributed by atoms with Crippen molar-refractivity contribution >= 4 is 39.6 Å². The number of nitrogens with one attached hydrogen (secondary N) is 1. The largest absolute Gasteiger partial charge is 0.484 e. The maximum absolute atomic E-state index is 12.6. The fourth-order valence-electron chi connectivity index (χ4n) is 4.67. The number of aromatic nitrogens is 1. The van der Waals surface area contributed by atoms with E-state index in [1.165, 1.54) is 24.9 Å². The standard InChI is InChI=1S/C26H28N4O3/c31-25(18-33-20-8-6-19(7-9-20)30-16-4-5-26(30)32)28-23-10-11-24(29-14-2-1-3-15-29)21-12-13-27-17-22(21)23/h6-13,17H,1-5,14-16,18H2,(H,28,31). The summed E-state index contributed by atoms with van der Waals surface area (Å²) in [6, 6.07) is 13.3. The molecule has 7 nitrogen and oxygen atoms in total. The van der Waals surface area contributed by atoms with Crippen LogP contribution in [0, 0.1) is 0 Å². The average molecular weight is 445 g/mol. The lowest BCUT2D eigenvalue weighted by molar-refractivity contribution is -0.118. The normalized spacial score (nSPS) is 16.3. The Labute approximate surface area is 193 Å². The van der Waals surface area contributed by atoms with E-state index >= 15 is 0 Å². The molecular weight excluding hydrogens is 416 g/mol. The van der Waals surface area contributed by atoms with Crippen LogP contribution in [0.3, 0.4) is 0 Å². The maximum atomic E-state index is 12.6. The van der Waals surface area contributed by atoms with E-state index in [1.54, 1.807) is 29.4 Å². The van der Waals surface area contributed by atoms with Crippen molar-refractivity contribution in [1.29, 1.82) is 0 Å². The van der Waals surface area contributed by atoms with E-state index < -0.39 is 0 Å². The Bertz CT molecular complexity index is 1160. The minimum atomic E-state index is -0.232. The Morgan fingerprint density at radius 2 is 1.76 bits per heavy atom. The van der Waals surface area contributed by atoms with Crippen molar-refractivity contribution in [3.8, 4) is 5.75 Å². The van der Waals surface area contributed by atoms with Gasteiger partial charge in [0.2, 0.25) is 5.91 Å². The summed E-state index contributed by atoms with van der Waals surface area (Å²) >= 11 is 0. The molecule has 0 unspecified atom stereocenters. The molecule has 3 heterocycles. The summed E-state index contributed by atoms with van der Waals surface area (Å²) in [5.74, 6) is 0.508. The molecule has 5 rings (SSSR count). The minimum Gasteiger partial charge on any atom is -0.484 e. The van der Waals surface area contributed by atoms with Crippen LogP contribution in [0.1, 0.15) is 32.1 Å². The zero-order chi connectivity index (χ0) is 22.6. The molecule has 2 aliphatic heterocycles. The Balaban J connectivity index is 1.24. The van der Waals surface area contributed by atoms with Crippen molar-refractivity contribution in [3.05, 3.63) is 54.9 Å². The van der Waals surface area contributed by atoms with Gasteiger partial charge in [0.25, 0.3) is 5.91 Å². The van der Waals surface area contributed by atoms with Crippen LogP contribution in [-0.4, -0.2) is 43.0 Å². The van der Waals surface area contributed by atoms with E-state index in [0.29, 0.717) is 12.2 Å². The van der Waals surface area contributed by atoms with Gasteiger partial charge in [-0.2, -0.15) is 0 Å². The molecule has 2 saturated heterocycles. The number of hydrogen-bond acceptors (Lipinski definition) is 5. The summed E-state index contributed by atoms with van der Waals surface area (Å²) in [7, 11) is 0. The number of anilines is 3. The number of pyridine rings is 1. The van der Waals surface area contributed by atoms with E-state index in [2.05, 4.69) is 21.3 Å². The van der Waals surface area contributed by atoms with Crippen LogP contribution in [0.5, 0.6) is 5.75 Å². The molecule has 0 spiro atoms. The highest BCUT2D eigenvalue weighted by atomic mass is 16.5. The topological polar surface area (TPSA) is 74.8 Å². The summed E-state index contributed by atoms with van der Waals surface area (Å²) in [6.45, 7) is 2.77. The molecule has 0 saturated carbocycles. The number of piperidine rings is 1. The molecule has 0 atom stereocenters. The number of amides is 2. The van der Waals surface area contributed by atoms with Gasteiger partial charge in [0.05, 0.1) is 5.69 Å². The van der Waals surface area contributed by atoms with Gasteiger partial charge in [-0.25, -0.2) is 0 Å². The summed E-state index contributed by atoms with van der Waals surface area (Å²) in [4.78, 5) is 33.0. The number of rotatable bonds is 6. The minimum absolute atomic E-state index is 0.0996. The molecule has 2 fully saturated rings. The molecule has 7 heteroatoms. The van der Waals surface area contributed by atoms with Crippen molar-refractivity contribution in [1.82, 2.24) is 4.98 Å². The van der Waals surface area contributed by atoms with Crippen molar-refractivity contribution < 1.29 is 14.3 Å². The molecule has 3 aromatic rings. The number of benzene rings is 2. The third-order valence-corrected chi connectivity index (χ3v) is 6.36. The van der Waals surface area contributed by atoms with Crippen LogP contribution >= 0.6 is 0 Å². The van der Waals surface area contributed by atoms with Gasteiger partial charge in [-0.3, -0.25) is 14.6 Å². The molecular formula is C26H28N4O3. The predicted molar refractivity (Wildman–Crippen MR) is 130 cm³/mol. The van der Waals surface area contributed by atoms with Crippen molar-refractivity contribution in [2.45, 2.75) is 32.1 Å². The highest BCUT2D eigenvalue weighted by molar-refractivity contribution is 6.06. The van der Waals surface area contributed by atoms with Crippen molar-refractivity contribution in [3.63, 3.8) is 0 Å². The third kappa shape index (κ3) is 4.62. The second-order valence-electron chi connectivity index (χ2n) is 8.58. The first-order valence-electron chi connectivity index (χ1n) is 11.6. The first-order valence-corrected chi connectivity index (χ1v) is 11.6. The fraction of sp³-hybridized carbons (Fsp3) is 0.346. The first kappa shape index (κ1) is 21.2. The highest BCUT2D eigenvalue weighted by Gasteiger charge is 2.21. The summed E-state index contributed by atoms with van der Waals surface area (Å²) in [5, 5.41) is 4.99. The predicted octanol–water partition coefficient (Wildman–Crippen LogP) is 4.37. The van der Waals surface area contributed by atoms with Gasteiger partial charge >= 0.3 is 0 Å². The Kier molecular flexibility index (Phi) is 6.11. The fourth-order valence-corrected chi connectivity index (χ4v) is 4.67. The number of ether oxygens (including phenoxy) is 1. The maximum Gasteiger partial charge on any atom is 0.262 e. The second kappa shape index (κ2) is 9.48. The quantitative estimate of drug-likeness (QED) is 0.611. The first-order chi connectivity index (χ1) is 16.2. The smallest absolute Gasteiger partial charge is 0.262 e. The van der Waals surface area contributed by atoms with E-state index in [9.17, 15) is 9.59 Å². The van der Waals surface area contributed by atoms with Crippen LogP contribution in [0.2, 0.25) is 0 Å². The number of hydrogen-bond donors (Lipinski definition) is 1. The summed E-state index contributed by atoms with van der Waals surface area (Å²) in [5.41, 5.74) is 2.79. The zero-order valence-electron chi connectivity index (χ0n) is 18.6. The SMILES string of the molecule is O=C(COc1ccc(N2CCCC2=O)cc1)Nc1ccc(N2CCCCC2)c2ccncc12. The second-order valence-corrected chi connectivity index (χ2v) is 8.58. The molecule has 1 N–H and O–H groups in total. The molecule has 0 bridgehead atoms. The van der Waals surface area contributed by atoms with Gasteiger partial charge in [-0.15, -0.1) is 0 Å². The average Bonchev–Trinajstić information content (AvgIpc) is 3.29. The summed E-state index contributed by atoms with van der Waals surface area (Å²) in [6.07, 6.45) is 8.78. The number of carbonyl (C=O) groups is 2. The monoisotopic (exact) mass is 444 g/mol. The number of nitrogens with zero attached hydrogens (tertiary/aromatic N) is 3. The number of fused-ring (bicyclic) bond motifs is 1. The molecule has 0 aliphatic carbocycles. The van der Waals surface area contributed by atoms with Crippen molar-refractivity contribution in [2.24, 2.45) is 0 Å². The van der Waals surface area contributed by atoms with E-state index in [1.807, 2.05) is 24.3 Å². The molecule has 0 radical (unpaired) electrons. The Morgan fingerprint density at radius 3 is 2.52 bits per heavy atom. The van der Waals surface area contributed by atoms with Crippen LogP contribution < -0.4 is 19.9 Å². The molecule has 2 aliphatic rings. The van der Waals surface area contributed by atoms with Gasteiger partial charge in [-0.05, 0) is 68.1 Å². The van der Waals surface area contributed by atoms with Crippen LogP contribution in [0.25, 0.3) is 10.8 Å². The van der Waals surface area contributed by atoms with Gasteiger partial charge in [-0.1, -0.05) is 0 Å². The van der Waals surface area contributed by atoms with Gasteiger partial charge in [0, 0.05) is 60.6 Å². The van der Waals surface area contributed by atoms with Gasteiger partial charge in [0.15, 0.2) is 6.61 Å². The molecule has 1 aromatic heterocycles. The molecule has 2 aromatic carbocycles. The highest BCUT2D eigenvalue weighted by Crippen LogP contribution is 2.33. The Hall–Kier alpha value is -3.61. The Morgan fingerprint density at radius 1 is 0.939 bits per heavy atom. The molecule has 2 amide bonds. The molecule has 33 heavy (non-hydrogen) atoms. The van der Waals surface area contributed by atoms with Gasteiger partial charge < -0.3 is 19.9 Å². The third-order valence-electron chi connectivity index (χ3n) is 6.36. The van der Waals surface area contributed by atoms with Crippen LogP contribution in [-0.2, 0) is 9.59 Å².